The number of nitro groups is 1. The SMILES string of the molecule is O=CC(=CNc1cccc([N+](=O)[O-])c1)c1nc2ccccc2o1. The lowest BCUT2D eigenvalue weighted by atomic mass is 10.2. The third-order valence-corrected chi connectivity index (χ3v) is 3.12. The molecule has 1 N–H and O–H groups in total. The summed E-state index contributed by atoms with van der Waals surface area (Å²) in [4.78, 5) is 25.7. The number of carbonyl (C=O) groups excluding carboxylic acids is 1. The molecule has 3 aromatic rings. The molecule has 0 bridgehead atoms. The molecule has 7 heteroatoms. The first-order chi connectivity index (χ1) is 11.2. The highest BCUT2D eigenvalue weighted by atomic mass is 16.6. The molecule has 114 valence electrons. The number of benzene rings is 2. The molecule has 0 saturated heterocycles. The molecule has 0 radical (unpaired) electrons. The van der Waals surface area contributed by atoms with Crippen LogP contribution < -0.4 is 5.32 Å². The molecule has 0 aliphatic heterocycles. The fourth-order valence-corrected chi connectivity index (χ4v) is 2.01. The second-order valence-corrected chi connectivity index (χ2v) is 4.66. The maximum atomic E-state index is 11.3. The molecular weight excluding hydrogens is 298 g/mol. The number of allylic oxidation sites excluding steroid dienone is 1. The van der Waals surface area contributed by atoms with Crippen LogP contribution in [0.4, 0.5) is 11.4 Å². The molecule has 3 rings (SSSR count). The normalized spacial score (nSPS) is 11.4. The Morgan fingerprint density at radius 2 is 2.04 bits per heavy atom. The van der Waals surface area contributed by atoms with E-state index in [4.69, 9.17) is 4.42 Å². The van der Waals surface area contributed by atoms with E-state index in [9.17, 15) is 14.9 Å². The summed E-state index contributed by atoms with van der Waals surface area (Å²) in [5.41, 5.74) is 1.86. The number of carbonyl (C=O) groups is 1. The predicted molar refractivity (Wildman–Crippen MR) is 84.8 cm³/mol. The number of nitro benzene ring substituents is 1. The van der Waals surface area contributed by atoms with Gasteiger partial charge < -0.3 is 9.73 Å². The Labute approximate surface area is 130 Å². The van der Waals surface area contributed by atoms with Gasteiger partial charge in [-0.2, -0.15) is 0 Å². The summed E-state index contributed by atoms with van der Waals surface area (Å²) in [6, 6.07) is 13.1. The monoisotopic (exact) mass is 309 g/mol. The molecule has 0 saturated carbocycles. The first kappa shape index (κ1) is 14.5. The van der Waals surface area contributed by atoms with Gasteiger partial charge in [0.2, 0.25) is 5.89 Å². The first-order valence-electron chi connectivity index (χ1n) is 6.69. The first-order valence-corrected chi connectivity index (χ1v) is 6.69. The van der Waals surface area contributed by atoms with E-state index < -0.39 is 4.92 Å². The lowest BCUT2D eigenvalue weighted by Crippen LogP contribution is -1.95. The van der Waals surface area contributed by atoms with Gasteiger partial charge in [0.05, 0.1) is 10.5 Å². The Morgan fingerprint density at radius 1 is 1.22 bits per heavy atom. The predicted octanol–water partition coefficient (Wildman–Crippen LogP) is 3.39. The van der Waals surface area contributed by atoms with E-state index in [1.54, 1.807) is 24.3 Å². The van der Waals surface area contributed by atoms with Gasteiger partial charge in [0.15, 0.2) is 11.9 Å². The van der Waals surface area contributed by atoms with Gasteiger partial charge in [-0.1, -0.05) is 18.2 Å². The van der Waals surface area contributed by atoms with Crippen LogP contribution in [0, 0.1) is 10.1 Å². The largest absolute Gasteiger partial charge is 0.436 e. The molecule has 1 aromatic heterocycles. The summed E-state index contributed by atoms with van der Waals surface area (Å²) in [5.74, 6) is 0.180. The molecule has 0 aliphatic rings. The number of fused-ring (bicyclic) bond motifs is 1. The minimum absolute atomic E-state index is 0.0436. The Bertz CT molecular complexity index is 881. The van der Waals surface area contributed by atoms with Crippen molar-refractivity contribution < 1.29 is 14.1 Å². The van der Waals surface area contributed by atoms with Gasteiger partial charge in [-0.3, -0.25) is 14.9 Å². The lowest BCUT2D eigenvalue weighted by Gasteiger charge is -2.01. The van der Waals surface area contributed by atoms with Gasteiger partial charge in [-0.05, 0) is 18.2 Å². The number of oxazole rings is 1. The smallest absolute Gasteiger partial charge is 0.271 e. The van der Waals surface area contributed by atoms with Crippen LogP contribution in [0.1, 0.15) is 5.89 Å². The number of hydrogen-bond acceptors (Lipinski definition) is 6. The number of aldehydes is 1. The van der Waals surface area contributed by atoms with E-state index in [2.05, 4.69) is 10.3 Å². The highest BCUT2D eigenvalue weighted by Crippen LogP contribution is 2.21. The number of aromatic nitrogens is 1. The van der Waals surface area contributed by atoms with Crippen LogP contribution >= 0.6 is 0 Å². The fourth-order valence-electron chi connectivity index (χ4n) is 2.01. The zero-order valence-electron chi connectivity index (χ0n) is 11.8. The van der Waals surface area contributed by atoms with Gasteiger partial charge in [0.1, 0.15) is 5.52 Å². The summed E-state index contributed by atoms with van der Waals surface area (Å²) < 4.78 is 5.51. The molecular formula is C16H11N3O4. The Balaban J connectivity index is 1.88. The van der Waals surface area contributed by atoms with E-state index in [0.717, 1.165) is 0 Å². The van der Waals surface area contributed by atoms with Crippen LogP contribution in [-0.4, -0.2) is 16.2 Å². The second-order valence-electron chi connectivity index (χ2n) is 4.66. The van der Waals surface area contributed by atoms with E-state index in [0.29, 0.717) is 23.1 Å². The number of hydrogen-bond donors (Lipinski definition) is 1. The van der Waals surface area contributed by atoms with Gasteiger partial charge >= 0.3 is 0 Å². The maximum Gasteiger partial charge on any atom is 0.271 e. The van der Waals surface area contributed by atoms with Crippen molar-refractivity contribution in [3.8, 4) is 0 Å². The van der Waals surface area contributed by atoms with Crippen molar-refractivity contribution in [1.29, 1.82) is 0 Å². The van der Waals surface area contributed by atoms with Crippen molar-refractivity contribution in [3.63, 3.8) is 0 Å². The van der Waals surface area contributed by atoms with Crippen molar-refractivity contribution >= 4 is 34.3 Å². The standard InChI is InChI=1S/C16H11N3O4/c20-10-11(16-18-14-6-1-2-7-15(14)23-16)9-17-12-4-3-5-13(8-12)19(21)22/h1-10,17H. The van der Waals surface area contributed by atoms with Crippen molar-refractivity contribution in [1.82, 2.24) is 4.98 Å². The molecule has 2 aromatic carbocycles. The van der Waals surface area contributed by atoms with Crippen molar-refractivity contribution in [3.05, 3.63) is 70.7 Å². The van der Waals surface area contributed by atoms with Gasteiger partial charge in [-0.15, -0.1) is 0 Å². The van der Waals surface area contributed by atoms with Crippen molar-refractivity contribution in [2.24, 2.45) is 0 Å². The molecule has 0 atom stereocenters. The number of para-hydroxylation sites is 2. The molecule has 0 fully saturated rings. The zero-order valence-corrected chi connectivity index (χ0v) is 11.8. The van der Waals surface area contributed by atoms with Crippen LogP contribution in [0.25, 0.3) is 16.7 Å². The number of nitrogens with one attached hydrogen (secondary N) is 1. The van der Waals surface area contributed by atoms with Crippen LogP contribution in [0.2, 0.25) is 0 Å². The van der Waals surface area contributed by atoms with Crippen molar-refractivity contribution in [2.45, 2.75) is 0 Å². The molecule has 0 aliphatic carbocycles. The quantitative estimate of drug-likeness (QED) is 0.336. The molecule has 1 heterocycles. The van der Waals surface area contributed by atoms with Gasteiger partial charge in [-0.25, -0.2) is 4.98 Å². The second kappa shape index (κ2) is 6.10. The number of anilines is 1. The van der Waals surface area contributed by atoms with Crippen molar-refractivity contribution in [2.75, 3.05) is 5.32 Å². The lowest BCUT2D eigenvalue weighted by molar-refractivity contribution is -0.384. The summed E-state index contributed by atoms with van der Waals surface area (Å²) in [6.07, 6.45) is 2.01. The molecule has 7 nitrogen and oxygen atoms in total. The molecule has 0 unspecified atom stereocenters. The Hall–Kier alpha value is -3.48. The topological polar surface area (TPSA) is 98.3 Å². The molecule has 23 heavy (non-hydrogen) atoms. The Kier molecular flexibility index (Phi) is 3.84. The van der Waals surface area contributed by atoms with Gasteiger partial charge in [0, 0.05) is 24.0 Å². The average molecular weight is 309 g/mol. The van der Waals surface area contributed by atoms with Crippen LogP contribution in [0.5, 0.6) is 0 Å². The minimum Gasteiger partial charge on any atom is -0.436 e. The van der Waals surface area contributed by atoms with E-state index in [1.807, 2.05) is 12.1 Å². The summed E-state index contributed by atoms with van der Waals surface area (Å²) in [6.45, 7) is 0. The highest BCUT2D eigenvalue weighted by Gasteiger charge is 2.10. The fraction of sp³-hybridized carbons (Fsp3) is 0. The van der Waals surface area contributed by atoms with E-state index in [-0.39, 0.29) is 17.2 Å². The number of rotatable bonds is 5. The summed E-state index contributed by atoms with van der Waals surface area (Å²) in [5, 5.41) is 13.6. The van der Waals surface area contributed by atoms with E-state index in [1.165, 1.54) is 18.3 Å². The minimum atomic E-state index is -0.490. The number of nitrogens with zero attached hydrogens (tertiary/aromatic N) is 2. The van der Waals surface area contributed by atoms with E-state index >= 15 is 0 Å². The third kappa shape index (κ3) is 3.08. The van der Waals surface area contributed by atoms with Gasteiger partial charge in [0.25, 0.3) is 5.69 Å². The molecule has 0 amide bonds. The Morgan fingerprint density at radius 3 is 2.78 bits per heavy atom. The summed E-state index contributed by atoms with van der Waals surface area (Å²) in [7, 11) is 0. The number of non-ortho nitro benzene ring substituents is 1. The maximum absolute atomic E-state index is 11.3. The summed E-state index contributed by atoms with van der Waals surface area (Å²) >= 11 is 0. The third-order valence-electron chi connectivity index (χ3n) is 3.12. The highest BCUT2D eigenvalue weighted by molar-refractivity contribution is 6.06. The average Bonchev–Trinajstić information content (AvgIpc) is 2.99. The zero-order chi connectivity index (χ0) is 16.2. The van der Waals surface area contributed by atoms with Crippen LogP contribution in [-0.2, 0) is 4.79 Å². The molecule has 0 spiro atoms. The van der Waals surface area contributed by atoms with Crippen LogP contribution in [0.3, 0.4) is 0 Å². The van der Waals surface area contributed by atoms with Crippen LogP contribution in [0.15, 0.2) is 59.1 Å².